The predicted octanol–water partition coefficient (Wildman–Crippen LogP) is 3.67. The molecule has 1 aromatic rings. The van der Waals surface area contributed by atoms with Crippen molar-refractivity contribution in [3.63, 3.8) is 0 Å². The van der Waals surface area contributed by atoms with Crippen LogP contribution in [0.15, 0.2) is 24.3 Å². The van der Waals surface area contributed by atoms with Gasteiger partial charge in [0.1, 0.15) is 0 Å². The highest BCUT2D eigenvalue weighted by atomic mass is 16.5. The number of carbonyl (C=O) groups excluding carboxylic acids is 4. The topological polar surface area (TPSA) is 80.8 Å². The fourth-order valence-electron chi connectivity index (χ4n) is 6.85. The number of hydrogen-bond acceptors (Lipinski definition) is 5. The zero-order chi connectivity index (χ0) is 21.8. The van der Waals surface area contributed by atoms with Crippen molar-refractivity contribution in [1.82, 2.24) is 4.90 Å². The highest BCUT2D eigenvalue weighted by Crippen LogP contribution is 2.60. The maximum Gasteiger partial charge on any atom is 0.338 e. The van der Waals surface area contributed by atoms with Gasteiger partial charge in [0.25, 0.3) is 0 Å². The summed E-state index contributed by atoms with van der Waals surface area (Å²) in [4.78, 5) is 50.8. The van der Waals surface area contributed by atoms with Gasteiger partial charge in [-0.2, -0.15) is 0 Å². The van der Waals surface area contributed by atoms with Crippen LogP contribution in [-0.2, 0) is 25.7 Å². The van der Waals surface area contributed by atoms with Crippen LogP contribution in [0.4, 0.5) is 0 Å². The van der Waals surface area contributed by atoms with E-state index in [4.69, 9.17) is 4.74 Å². The average molecular weight is 424 g/mol. The molecule has 2 amide bonds. The number of ether oxygens (including phenoxy) is 1. The molecule has 4 bridgehead atoms. The van der Waals surface area contributed by atoms with Crippen LogP contribution in [0, 0.1) is 23.2 Å². The molecule has 1 aromatic carbocycles. The molecule has 6 heteroatoms. The third kappa shape index (κ3) is 3.70. The fourth-order valence-corrected chi connectivity index (χ4v) is 6.85. The Kier molecular flexibility index (Phi) is 4.98. The lowest BCUT2D eigenvalue weighted by Gasteiger charge is -2.56. The van der Waals surface area contributed by atoms with Gasteiger partial charge in [0.15, 0.2) is 11.9 Å². The molecule has 1 saturated heterocycles. The van der Waals surface area contributed by atoms with E-state index < -0.39 is 12.1 Å². The van der Waals surface area contributed by atoms with Crippen molar-refractivity contribution in [1.29, 1.82) is 0 Å². The van der Waals surface area contributed by atoms with E-state index in [9.17, 15) is 19.2 Å². The van der Waals surface area contributed by atoms with E-state index in [1.165, 1.54) is 24.2 Å². The molecule has 1 heterocycles. The van der Waals surface area contributed by atoms with Gasteiger partial charge < -0.3 is 4.74 Å². The lowest BCUT2D eigenvalue weighted by atomic mass is 9.48. The van der Waals surface area contributed by atoms with Crippen LogP contribution in [-0.4, -0.2) is 34.6 Å². The molecule has 5 aliphatic rings. The summed E-state index contributed by atoms with van der Waals surface area (Å²) in [5, 5.41) is 0. The molecular formula is C25H29NO5. The first kappa shape index (κ1) is 20.4. The summed E-state index contributed by atoms with van der Waals surface area (Å²) in [6.07, 6.45) is 6.46. The van der Waals surface area contributed by atoms with Gasteiger partial charge in [-0.15, -0.1) is 0 Å². The first-order chi connectivity index (χ1) is 14.8. The van der Waals surface area contributed by atoms with Crippen LogP contribution in [0.25, 0.3) is 0 Å². The van der Waals surface area contributed by atoms with E-state index in [-0.39, 0.29) is 42.4 Å². The highest BCUT2D eigenvalue weighted by molar-refractivity contribution is 6.01. The number of benzene rings is 1. The van der Waals surface area contributed by atoms with Gasteiger partial charge in [-0.3, -0.25) is 19.3 Å². The zero-order valence-electron chi connectivity index (χ0n) is 18.0. The Morgan fingerprint density at radius 3 is 2.00 bits per heavy atom. The van der Waals surface area contributed by atoms with Crippen molar-refractivity contribution in [2.75, 3.05) is 0 Å². The second-order valence-electron chi connectivity index (χ2n) is 10.2. The van der Waals surface area contributed by atoms with Crippen LogP contribution in [0.5, 0.6) is 0 Å². The summed E-state index contributed by atoms with van der Waals surface area (Å²) < 4.78 is 5.59. The smallest absolute Gasteiger partial charge is 0.338 e. The Morgan fingerprint density at radius 2 is 1.48 bits per heavy atom. The van der Waals surface area contributed by atoms with Gasteiger partial charge in [-0.05, 0) is 80.9 Å². The van der Waals surface area contributed by atoms with Crippen molar-refractivity contribution in [3.8, 4) is 0 Å². The largest absolute Gasteiger partial charge is 0.451 e. The molecule has 4 aliphatic carbocycles. The van der Waals surface area contributed by atoms with Crippen molar-refractivity contribution < 1.29 is 23.9 Å². The first-order valence-corrected chi connectivity index (χ1v) is 11.5. The predicted molar refractivity (Wildman–Crippen MR) is 112 cm³/mol. The Labute approximate surface area is 182 Å². The van der Waals surface area contributed by atoms with Crippen LogP contribution in [0.2, 0.25) is 0 Å². The lowest BCUT2D eigenvalue weighted by molar-refractivity contribution is -0.152. The summed E-state index contributed by atoms with van der Waals surface area (Å²) in [6, 6.07) is 6.71. The monoisotopic (exact) mass is 423 g/mol. The average Bonchev–Trinajstić information content (AvgIpc) is 3.04. The number of Topliss-reactive ketones (excluding diaryl/α,β-unsaturated/α-hetero) is 1. The summed E-state index contributed by atoms with van der Waals surface area (Å²) in [7, 11) is 0. The van der Waals surface area contributed by atoms with Gasteiger partial charge >= 0.3 is 5.97 Å². The number of amides is 2. The van der Waals surface area contributed by atoms with E-state index in [2.05, 4.69) is 0 Å². The molecule has 1 aliphatic heterocycles. The summed E-state index contributed by atoms with van der Waals surface area (Å²) in [5.74, 6) is 1.27. The normalized spacial score (nSPS) is 32.4. The first-order valence-electron chi connectivity index (χ1n) is 11.5. The number of rotatable bonds is 6. The van der Waals surface area contributed by atoms with Crippen LogP contribution < -0.4 is 0 Å². The van der Waals surface area contributed by atoms with E-state index in [0.717, 1.165) is 24.8 Å². The minimum Gasteiger partial charge on any atom is -0.451 e. The minimum absolute atomic E-state index is 0.0997. The number of imide groups is 1. The Balaban J connectivity index is 1.21. The Bertz CT molecular complexity index is 882. The molecule has 0 N–H and O–H groups in total. The van der Waals surface area contributed by atoms with Gasteiger partial charge in [-0.1, -0.05) is 12.1 Å². The third-order valence-corrected chi connectivity index (χ3v) is 7.90. The van der Waals surface area contributed by atoms with E-state index in [1.54, 1.807) is 31.2 Å². The molecule has 1 atom stereocenters. The number of carbonyl (C=O) groups is 4. The summed E-state index contributed by atoms with van der Waals surface area (Å²) >= 11 is 0. The Morgan fingerprint density at radius 1 is 0.968 bits per heavy atom. The molecule has 164 valence electrons. The van der Waals surface area contributed by atoms with Crippen molar-refractivity contribution in [3.05, 3.63) is 35.4 Å². The standard InChI is InChI=1S/C25H29NO5/c1-15(23(29)25-11-17-8-18(12-25)10-19(9-17)13-25)31-24(30)20-4-2-16(3-5-20)14-26-21(27)6-7-22(26)28/h2-5,15,17-19H,6-14H2,1H3/t15-,17?,18?,19?,25?/m1/s1. The molecule has 0 radical (unpaired) electrons. The Hall–Kier alpha value is -2.50. The van der Waals surface area contributed by atoms with E-state index in [0.29, 0.717) is 23.3 Å². The van der Waals surface area contributed by atoms with Gasteiger partial charge in [0.05, 0.1) is 12.1 Å². The van der Waals surface area contributed by atoms with Crippen molar-refractivity contribution >= 4 is 23.6 Å². The van der Waals surface area contributed by atoms with Crippen LogP contribution in [0.3, 0.4) is 0 Å². The molecule has 6 nitrogen and oxygen atoms in total. The summed E-state index contributed by atoms with van der Waals surface area (Å²) in [5.41, 5.74) is 0.860. The number of nitrogens with zero attached hydrogens (tertiary/aromatic N) is 1. The highest BCUT2D eigenvalue weighted by Gasteiger charge is 2.55. The SMILES string of the molecule is C[C@@H](OC(=O)c1ccc(CN2C(=O)CCC2=O)cc1)C(=O)C12CC3CC(CC(C3)C1)C2. The minimum atomic E-state index is -0.747. The summed E-state index contributed by atoms with van der Waals surface area (Å²) in [6.45, 7) is 1.92. The number of esters is 1. The number of likely N-dealkylation sites (tertiary alicyclic amines) is 1. The van der Waals surface area contributed by atoms with Crippen LogP contribution in [0.1, 0.15) is 74.2 Å². The third-order valence-electron chi connectivity index (χ3n) is 7.90. The second kappa shape index (κ2) is 7.57. The van der Waals surface area contributed by atoms with E-state index >= 15 is 0 Å². The second-order valence-corrected chi connectivity index (χ2v) is 10.2. The maximum atomic E-state index is 13.3. The molecule has 5 fully saturated rings. The van der Waals surface area contributed by atoms with Crippen molar-refractivity contribution in [2.24, 2.45) is 23.2 Å². The molecule has 31 heavy (non-hydrogen) atoms. The molecule has 6 rings (SSSR count). The van der Waals surface area contributed by atoms with E-state index in [1.807, 2.05) is 0 Å². The van der Waals surface area contributed by atoms with Gasteiger partial charge in [0, 0.05) is 18.3 Å². The number of hydrogen-bond donors (Lipinski definition) is 0. The molecule has 0 aromatic heterocycles. The number of ketones is 1. The molecule has 0 unspecified atom stereocenters. The quantitative estimate of drug-likeness (QED) is 0.515. The zero-order valence-corrected chi connectivity index (χ0v) is 18.0. The molecule has 0 spiro atoms. The maximum absolute atomic E-state index is 13.3. The molecular weight excluding hydrogens is 394 g/mol. The van der Waals surface area contributed by atoms with Gasteiger partial charge in [-0.25, -0.2) is 4.79 Å². The lowest BCUT2D eigenvalue weighted by Crippen LogP contribution is -2.52. The molecule has 4 saturated carbocycles. The van der Waals surface area contributed by atoms with Crippen LogP contribution >= 0.6 is 0 Å². The van der Waals surface area contributed by atoms with Gasteiger partial charge in [0.2, 0.25) is 11.8 Å². The fraction of sp³-hybridized carbons (Fsp3) is 0.600. The van der Waals surface area contributed by atoms with Crippen molar-refractivity contribution in [2.45, 2.75) is 70.9 Å².